The third-order valence-corrected chi connectivity index (χ3v) is 5.29. The lowest BCUT2D eigenvalue weighted by molar-refractivity contribution is -0.130. The summed E-state index contributed by atoms with van der Waals surface area (Å²) in [4.78, 5) is 24.9. The average molecular weight is 372 g/mol. The molecule has 1 atom stereocenters. The second-order valence-electron chi connectivity index (χ2n) is 7.34. The summed E-state index contributed by atoms with van der Waals surface area (Å²) in [5.41, 5.74) is 2.22. The molecule has 0 radical (unpaired) electrons. The Morgan fingerprint density at radius 3 is 2.70 bits per heavy atom. The maximum absolute atomic E-state index is 12.6. The van der Waals surface area contributed by atoms with E-state index in [-0.39, 0.29) is 11.9 Å². The number of nitrogens with one attached hydrogen (secondary N) is 1. The normalized spacial score (nSPS) is 16.1. The molecule has 1 N–H and O–H groups in total. The molecule has 3 rings (SSSR count). The molecule has 1 unspecified atom stereocenters. The van der Waals surface area contributed by atoms with Crippen LogP contribution in [0.1, 0.15) is 66.5 Å². The molecule has 0 spiro atoms. The quantitative estimate of drug-likeness (QED) is 0.784. The average Bonchev–Trinajstić information content (AvgIpc) is 3.26. The molecule has 0 aromatic carbocycles. The van der Waals surface area contributed by atoms with Crippen molar-refractivity contribution in [2.75, 3.05) is 0 Å². The zero-order valence-corrected chi connectivity index (χ0v) is 16.3. The standard InChI is InChI=1S/C21H28N2O4/c1-14-12-19(15(2)23(14)13-18-10-7-11-26-18)21(25)27-16(3)20(24)22-17-8-5-4-6-9-17/h7,10-12,16-17H,4-6,8-9,13H2,1-3H3,(H,22,24). The number of hydrogen-bond donors (Lipinski definition) is 1. The van der Waals surface area contributed by atoms with Crippen molar-refractivity contribution in [3.8, 4) is 0 Å². The molecule has 1 fully saturated rings. The summed E-state index contributed by atoms with van der Waals surface area (Å²) in [6.45, 7) is 5.99. The number of carbonyl (C=O) groups excluding carboxylic acids is 2. The summed E-state index contributed by atoms with van der Waals surface area (Å²) in [6, 6.07) is 5.73. The van der Waals surface area contributed by atoms with Gasteiger partial charge in [-0.3, -0.25) is 4.79 Å². The van der Waals surface area contributed by atoms with E-state index >= 15 is 0 Å². The molecule has 1 aliphatic rings. The topological polar surface area (TPSA) is 73.5 Å². The summed E-state index contributed by atoms with van der Waals surface area (Å²) in [5.74, 6) is 0.122. The van der Waals surface area contributed by atoms with Crippen LogP contribution in [-0.2, 0) is 16.1 Å². The third kappa shape index (κ3) is 4.62. The number of amides is 1. The van der Waals surface area contributed by atoms with Gasteiger partial charge in [0.25, 0.3) is 5.91 Å². The van der Waals surface area contributed by atoms with Crippen molar-refractivity contribution in [1.82, 2.24) is 9.88 Å². The predicted molar refractivity (Wildman–Crippen MR) is 102 cm³/mol. The van der Waals surface area contributed by atoms with Crippen LogP contribution in [0.2, 0.25) is 0 Å². The second-order valence-corrected chi connectivity index (χ2v) is 7.34. The zero-order chi connectivity index (χ0) is 19.4. The van der Waals surface area contributed by atoms with Crippen LogP contribution in [0.5, 0.6) is 0 Å². The van der Waals surface area contributed by atoms with Gasteiger partial charge in [-0.2, -0.15) is 0 Å². The molecular formula is C21H28N2O4. The van der Waals surface area contributed by atoms with E-state index in [0.29, 0.717) is 12.1 Å². The Morgan fingerprint density at radius 2 is 2.04 bits per heavy atom. The van der Waals surface area contributed by atoms with Crippen molar-refractivity contribution < 1.29 is 18.7 Å². The first-order valence-electron chi connectivity index (χ1n) is 9.66. The maximum atomic E-state index is 12.6. The van der Waals surface area contributed by atoms with Crippen LogP contribution >= 0.6 is 0 Å². The van der Waals surface area contributed by atoms with Crippen LogP contribution in [-0.4, -0.2) is 28.6 Å². The van der Waals surface area contributed by atoms with Crippen molar-refractivity contribution in [2.45, 2.75) is 71.6 Å². The van der Waals surface area contributed by atoms with Gasteiger partial charge in [0.05, 0.1) is 18.4 Å². The first-order chi connectivity index (χ1) is 13.0. The molecule has 146 valence electrons. The summed E-state index contributed by atoms with van der Waals surface area (Å²) in [7, 11) is 0. The molecule has 0 aliphatic heterocycles. The lowest BCUT2D eigenvalue weighted by Crippen LogP contribution is -2.42. The molecule has 1 aliphatic carbocycles. The van der Waals surface area contributed by atoms with Gasteiger partial charge in [-0.05, 0) is 51.8 Å². The summed E-state index contributed by atoms with van der Waals surface area (Å²) in [6.07, 6.45) is 6.32. The molecule has 0 bridgehead atoms. The summed E-state index contributed by atoms with van der Waals surface area (Å²) in [5, 5.41) is 3.00. The van der Waals surface area contributed by atoms with E-state index < -0.39 is 12.1 Å². The minimum absolute atomic E-state index is 0.200. The number of ether oxygens (including phenoxy) is 1. The Hall–Kier alpha value is -2.50. The fraction of sp³-hybridized carbons (Fsp3) is 0.524. The number of esters is 1. The van der Waals surface area contributed by atoms with Crippen molar-refractivity contribution >= 4 is 11.9 Å². The number of nitrogens with zero attached hydrogens (tertiary/aromatic N) is 1. The number of aryl methyl sites for hydroxylation is 1. The molecule has 1 saturated carbocycles. The Kier molecular flexibility index (Phi) is 6.04. The Bertz CT molecular complexity index is 785. The zero-order valence-electron chi connectivity index (χ0n) is 16.3. The molecule has 2 aromatic rings. The minimum Gasteiger partial charge on any atom is -0.467 e. The number of aromatic nitrogens is 1. The van der Waals surface area contributed by atoms with E-state index in [2.05, 4.69) is 5.32 Å². The monoisotopic (exact) mass is 372 g/mol. The molecule has 0 saturated heterocycles. The highest BCUT2D eigenvalue weighted by Gasteiger charge is 2.25. The molecule has 1 amide bonds. The van der Waals surface area contributed by atoms with Crippen molar-refractivity contribution in [2.24, 2.45) is 0 Å². The summed E-state index contributed by atoms with van der Waals surface area (Å²) >= 11 is 0. The minimum atomic E-state index is -0.812. The Morgan fingerprint density at radius 1 is 1.30 bits per heavy atom. The SMILES string of the molecule is Cc1cc(C(=O)OC(C)C(=O)NC2CCCCC2)c(C)n1Cc1ccco1. The van der Waals surface area contributed by atoms with Gasteiger partial charge in [-0.15, -0.1) is 0 Å². The Labute approximate surface area is 159 Å². The van der Waals surface area contributed by atoms with E-state index in [1.165, 1.54) is 6.42 Å². The highest BCUT2D eigenvalue weighted by atomic mass is 16.5. The van der Waals surface area contributed by atoms with Gasteiger partial charge in [0.15, 0.2) is 6.10 Å². The third-order valence-electron chi connectivity index (χ3n) is 5.29. The van der Waals surface area contributed by atoms with Crippen LogP contribution in [0.4, 0.5) is 0 Å². The van der Waals surface area contributed by atoms with Gasteiger partial charge in [0.2, 0.25) is 0 Å². The maximum Gasteiger partial charge on any atom is 0.340 e. The van der Waals surface area contributed by atoms with Crippen molar-refractivity contribution in [3.63, 3.8) is 0 Å². The lowest BCUT2D eigenvalue weighted by Gasteiger charge is -2.24. The van der Waals surface area contributed by atoms with E-state index in [4.69, 9.17) is 9.15 Å². The van der Waals surface area contributed by atoms with Gasteiger partial charge in [0, 0.05) is 17.4 Å². The van der Waals surface area contributed by atoms with Crippen LogP contribution in [0, 0.1) is 13.8 Å². The molecule has 6 heteroatoms. The second kappa shape index (κ2) is 8.46. The highest BCUT2D eigenvalue weighted by molar-refractivity contribution is 5.93. The van der Waals surface area contributed by atoms with Crippen LogP contribution in [0.25, 0.3) is 0 Å². The van der Waals surface area contributed by atoms with Crippen LogP contribution in [0.3, 0.4) is 0 Å². The predicted octanol–water partition coefficient (Wildman–Crippen LogP) is 3.74. The first kappa shape index (κ1) is 19.3. The van der Waals surface area contributed by atoms with Crippen molar-refractivity contribution in [3.05, 3.63) is 47.2 Å². The van der Waals surface area contributed by atoms with Gasteiger partial charge in [0.1, 0.15) is 5.76 Å². The van der Waals surface area contributed by atoms with Gasteiger partial charge < -0.3 is 19.0 Å². The Balaban J connectivity index is 1.62. The lowest BCUT2D eigenvalue weighted by atomic mass is 9.95. The molecular weight excluding hydrogens is 344 g/mol. The van der Waals surface area contributed by atoms with Gasteiger partial charge >= 0.3 is 5.97 Å². The summed E-state index contributed by atoms with van der Waals surface area (Å²) < 4.78 is 12.8. The number of furan rings is 1. The largest absolute Gasteiger partial charge is 0.467 e. The molecule has 6 nitrogen and oxygen atoms in total. The van der Waals surface area contributed by atoms with Crippen molar-refractivity contribution in [1.29, 1.82) is 0 Å². The van der Waals surface area contributed by atoms with Gasteiger partial charge in [-0.1, -0.05) is 19.3 Å². The number of hydrogen-bond acceptors (Lipinski definition) is 4. The molecule has 2 aromatic heterocycles. The van der Waals surface area contributed by atoms with Crippen LogP contribution in [0.15, 0.2) is 28.9 Å². The molecule has 27 heavy (non-hydrogen) atoms. The van der Waals surface area contributed by atoms with E-state index in [0.717, 1.165) is 42.8 Å². The van der Waals surface area contributed by atoms with E-state index in [1.54, 1.807) is 19.3 Å². The van der Waals surface area contributed by atoms with E-state index in [9.17, 15) is 9.59 Å². The number of carbonyl (C=O) groups is 2. The van der Waals surface area contributed by atoms with Gasteiger partial charge in [-0.25, -0.2) is 4.79 Å². The number of rotatable bonds is 6. The fourth-order valence-corrected chi connectivity index (χ4v) is 3.65. The van der Waals surface area contributed by atoms with E-state index in [1.807, 2.05) is 30.5 Å². The first-order valence-corrected chi connectivity index (χ1v) is 9.66. The fourth-order valence-electron chi connectivity index (χ4n) is 3.65. The molecule has 2 heterocycles. The highest BCUT2D eigenvalue weighted by Crippen LogP contribution is 2.20. The van der Waals surface area contributed by atoms with Crippen LogP contribution < -0.4 is 5.32 Å². The smallest absolute Gasteiger partial charge is 0.340 e.